The molecule has 0 aliphatic heterocycles. The third-order valence-electron chi connectivity index (χ3n) is 7.06. The van der Waals surface area contributed by atoms with Crippen LogP contribution in [0.4, 0.5) is 5.69 Å². The van der Waals surface area contributed by atoms with Crippen molar-refractivity contribution in [2.45, 2.75) is 71.9 Å². The van der Waals surface area contributed by atoms with Gasteiger partial charge in [-0.05, 0) is 68.0 Å². The molecule has 0 saturated heterocycles. The summed E-state index contributed by atoms with van der Waals surface area (Å²) in [5.74, 6) is -0.242. The number of carbonyl (C=O) groups is 2. The highest BCUT2D eigenvalue weighted by Crippen LogP contribution is 2.27. The standard InChI is InChI=1S/C33H43N3O4S/c1-23(2)20-34-33(38)27(7)35(21-28-12-8-25(5)9-13-28)32(37)22-36(30-16-14-29(15-17-30)24(3)4)41(39,40)31-18-10-26(6)11-19-31/h8-19,23-24,27H,20-22H2,1-7H3,(H,34,38)/t27-/m1/s1. The molecule has 2 amide bonds. The van der Waals surface area contributed by atoms with Gasteiger partial charge in [-0.15, -0.1) is 0 Å². The Balaban J connectivity index is 2.02. The maximum Gasteiger partial charge on any atom is 0.264 e. The van der Waals surface area contributed by atoms with E-state index in [0.717, 1.165) is 26.6 Å². The van der Waals surface area contributed by atoms with Crippen LogP contribution in [0.25, 0.3) is 0 Å². The molecule has 3 aromatic carbocycles. The van der Waals surface area contributed by atoms with Gasteiger partial charge < -0.3 is 10.2 Å². The van der Waals surface area contributed by atoms with Crippen LogP contribution in [0.1, 0.15) is 62.8 Å². The zero-order valence-electron chi connectivity index (χ0n) is 25.2. The van der Waals surface area contributed by atoms with Crippen LogP contribution >= 0.6 is 0 Å². The number of nitrogens with zero attached hydrogens (tertiary/aromatic N) is 2. The van der Waals surface area contributed by atoms with Crippen LogP contribution in [0.15, 0.2) is 77.7 Å². The number of anilines is 1. The summed E-state index contributed by atoms with van der Waals surface area (Å²) in [6.07, 6.45) is 0. The maximum absolute atomic E-state index is 14.0. The summed E-state index contributed by atoms with van der Waals surface area (Å²) in [7, 11) is -4.09. The van der Waals surface area contributed by atoms with Crippen LogP contribution in [0.2, 0.25) is 0 Å². The van der Waals surface area contributed by atoms with Crippen molar-refractivity contribution in [3.8, 4) is 0 Å². The fourth-order valence-corrected chi connectivity index (χ4v) is 5.73. The van der Waals surface area contributed by atoms with E-state index in [9.17, 15) is 18.0 Å². The topological polar surface area (TPSA) is 86.8 Å². The smallest absolute Gasteiger partial charge is 0.264 e. The molecule has 0 heterocycles. The first-order valence-corrected chi connectivity index (χ1v) is 15.6. The van der Waals surface area contributed by atoms with E-state index in [1.807, 2.05) is 64.1 Å². The number of hydrogen-bond donors (Lipinski definition) is 1. The van der Waals surface area contributed by atoms with Crippen LogP contribution < -0.4 is 9.62 Å². The molecule has 0 aliphatic carbocycles. The van der Waals surface area contributed by atoms with Gasteiger partial charge >= 0.3 is 0 Å². The molecule has 41 heavy (non-hydrogen) atoms. The largest absolute Gasteiger partial charge is 0.354 e. The summed E-state index contributed by atoms with van der Waals surface area (Å²) in [6, 6.07) is 20.7. The van der Waals surface area contributed by atoms with Gasteiger partial charge in [0.2, 0.25) is 11.8 Å². The number of rotatable bonds is 12. The van der Waals surface area contributed by atoms with Crippen molar-refractivity contribution in [1.29, 1.82) is 0 Å². The minimum atomic E-state index is -4.09. The van der Waals surface area contributed by atoms with Crippen LogP contribution in [0, 0.1) is 19.8 Å². The summed E-state index contributed by atoms with van der Waals surface area (Å²) in [5, 5.41) is 2.91. The van der Waals surface area contributed by atoms with E-state index in [4.69, 9.17) is 0 Å². The molecular formula is C33H43N3O4S. The molecule has 0 radical (unpaired) electrons. The molecule has 0 unspecified atom stereocenters. The molecule has 8 heteroatoms. The van der Waals surface area contributed by atoms with Crippen LogP contribution in [0.3, 0.4) is 0 Å². The molecule has 0 bridgehead atoms. The molecule has 0 fully saturated rings. The molecule has 1 N–H and O–H groups in total. The number of amides is 2. The van der Waals surface area contributed by atoms with E-state index in [-0.39, 0.29) is 29.2 Å². The van der Waals surface area contributed by atoms with Crippen molar-refractivity contribution in [1.82, 2.24) is 10.2 Å². The lowest BCUT2D eigenvalue weighted by atomic mass is 10.0. The lowest BCUT2D eigenvalue weighted by molar-refractivity contribution is -0.139. The van der Waals surface area contributed by atoms with Crippen LogP contribution in [0.5, 0.6) is 0 Å². The quantitative estimate of drug-likeness (QED) is 0.294. The van der Waals surface area contributed by atoms with Gasteiger partial charge in [-0.3, -0.25) is 13.9 Å². The Morgan fingerprint density at radius 1 is 0.780 bits per heavy atom. The van der Waals surface area contributed by atoms with E-state index >= 15 is 0 Å². The van der Waals surface area contributed by atoms with E-state index in [2.05, 4.69) is 19.2 Å². The van der Waals surface area contributed by atoms with E-state index in [1.54, 1.807) is 43.3 Å². The van der Waals surface area contributed by atoms with Gasteiger partial charge in [0.15, 0.2) is 0 Å². The average Bonchev–Trinajstić information content (AvgIpc) is 2.94. The zero-order chi connectivity index (χ0) is 30.3. The third kappa shape index (κ3) is 8.43. The number of sulfonamides is 1. The van der Waals surface area contributed by atoms with Gasteiger partial charge in [0.1, 0.15) is 12.6 Å². The van der Waals surface area contributed by atoms with E-state index in [1.165, 1.54) is 4.90 Å². The Morgan fingerprint density at radius 2 is 1.32 bits per heavy atom. The summed E-state index contributed by atoms with van der Waals surface area (Å²) in [6.45, 7) is 13.9. The second-order valence-corrected chi connectivity index (χ2v) is 13.3. The number of aryl methyl sites for hydroxylation is 2. The molecule has 3 rings (SSSR count). The van der Waals surface area contributed by atoms with Gasteiger partial charge in [-0.1, -0.05) is 87.4 Å². The highest BCUT2D eigenvalue weighted by Gasteiger charge is 2.32. The van der Waals surface area contributed by atoms with Crippen molar-refractivity contribution in [2.75, 3.05) is 17.4 Å². The predicted octanol–water partition coefficient (Wildman–Crippen LogP) is 5.81. The SMILES string of the molecule is Cc1ccc(CN(C(=O)CN(c2ccc(C(C)C)cc2)S(=O)(=O)c2ccc(C)cc2)[C@H](C)C(=O)NCC(C)C)cc1. The second kappa shape index (κ2) is 13.8. The molecule has 0 saturated carbocycles. The first-order valence-electron chi connectivity index (χ1n) is 14.1. The number of carbonyl (C=O) groups excluding carboxylic acids is 2. The number of benzene rings is 3. The molecule has 220 valence electrons. The maximum atomic E-state index is 14.0. The molecular weight excluding hydrogens is 534 g/mol. The zero-order valence-corrected chi connectivity index (χ0v) is 26.0. The Bertz CT molecular complexity index is 1410. The fraction of sp³-hybridized carbons (Fsp3) is 0.394. The minimum absolute atomic E-state index is 0.0941. The Morgan fingerprint density at radius 3 is 1.83 bits per heavy atom. The number of hydrogen-bond acceptors (Lipinski definition) is 4. The Kier molecular flexibility index (Phi) is 10.7. The van der Waals surface area contributed by atoms with Crippen LogP contribution in [-0.2, 0) is 26.2 Å². The molecule has 0 aromatic heterocycles. The van der Waals surface area contributed by atoms with Crippen molar-refractivity contribution in [2.24, 2.45) is 5.92 Å². The van der Waals surface area contributed by atoms with Gasteiger partial charge in [0, 0.05) is 13.1 Å². The summed E-state index contributed by atoms with van der Waals surface area (Å²) >= 11 is 0. The van der Waals surface area contributed by atoms with E-state index in [0.29, 0.717) is 12.2 Å². The fourth-order valence-electron chi connectivity index (χ4n) is 4.32. The molecule has 0 spiro atoms. The van der Waals surface area contributed by atoms with Crippen molar-refractivity contribution >= 4 is 27.5 Å². The molecule has 0 aliphatic rings. The lowest BCUT2D eigenvalue weighted by Gasteiger charge is -2.32. The highest BCUT2D eigenvalue weighted by molar-refractivity contribution is 7.92. The van der Waals surface area contributed by atoms with Crippen molar-refractivity contribution in [3.63, 3.8) is 0 Å². The first-order chi connectivity index (χ1) is 19.3. The molecule has 3 aromatic rings. The number of nitrogens with one attached hydrogen (secondary N) is 1. The monoisotopic (exact) mass is 577 g/mol. The van der Waals surface area contributed by atoms with Gasteiger partial charge in [0.05, 0.1) is 10.6 Å². The van der Waals surface area contributed by atoms with Crippen molar-refractivity contribution in [3.05, 3.63) is 95.1 Å². The van der Waals surface area contributed by atoms with Crippen LogP contribution in [-0.4, -0.2) is 44.3 Å². The molecule has 1 atom stereocenters. The predicted molar refractivity (Wildman–Crippen MR) is 165 cm³/mol. The van der Waals surface area contributed by atoms with Gasteiger partial charge in [-0.2, -0.15) is 0 Å². The first kappa shape index (κ1) is 31.9. The van der Waals surface area contributed by atoms with E-state index < -0.39 is 28.5 Å². The summed E-state index contributed by atoms with van der Waals surface area (Å²) in [4.78, 5) is 28.7. The lowest BCUT2D eigenvalue weighted by Crippen LogP contribution is -2.51. The average molecular weight is 578 g/mol. The third-order valence-corrected chi connectivity index (χ3v) is 8.85. The van der Waals surface area contributed by atoms with Gasteiger partial charge in [-0.25, -0.2) is 8.42 Å². The Hall–Kier alpha value is -3.65. The second-order valence-electron chi connectivity index (χ2n) is 11.4. The summed E-state index contributed by atoms with van der Waals surface area (Å²) in [5.41, 5.74) is 4.30. The molecule has 7 nitrogen and oxygen atoms in total. The van der Waals surface area contributed by atoms with Crippen molar-refractivity contribution < 1.29 is 18.0 Å². The summed E-state index contributed by atoms with van der Waals surface area (Å²) < 4.78 is 29.1. The Labute approximate surface area is 245 Å². The minimum Gasteiger partial charge on any atom is -0.354 e. The van der Waals surface area contributed by atoms with Gasteiger partial charge in [0.25, 0.3) is 10.0 Å². The normalized spacial score (nSPS) is 12.3. The highest BCUT2D eigenvalue weighted by atomic mass is 32.2.